The Morgan fingerprint density at radius 1 is 0.688 bits per heavy atom. The summed E-state index contributed by atoms with van der Waals surface area (Å²) < 4.78 is 43.7. The number of anilines is 2. The van der Waals surface area contributed by atoms with Crippen molar-refractivity contribution >= 4 is 23.2 Å². The van der Waals surface area contributed by atoms with E-state index in [9.17, 15) is 18.4 Å². The Balaban J connectivity index is 1.92. The number of hydrogen-bond donors (Lipinski definition) is 2. The Hall–Kier alpha value is -4.14. The SMILES string of the molecule is COc1ccc(C(=O)Nc2c(F)cccc2OC)cc1C(=O)Nc1c(F)cccc1OC. The van der Waals surface area contributed by atoms with Gasteiger partial charge in [0, 0.05) is 5.56 Å². The smallest absolute Gasteiger partial charge is 0.259 e. The van der Waals surface area contributed by atoms with Gasteiger partial charge in [0.05, 0.1) is 26.9 Å². The second-order valence-corrected chi connectivity index (χ2v) is 6.46. The highest BCUT2D eigenvalue weighted by molar-refractivity contribution is 6.10. The minimum atomic E-state index is -0.733. The van der Waals surface area contributed by atoms with Crippen LogP contribution in [0.25, 0.3) is 0 Å². The molecule has 0 aromatic heterocycles. The number of ether oxygens (including phenoxy) is 3. The molecule has 0 spiro atoms. The topological polar surface area (TPSA) is 85.9 Å². The summed E-state index contributed by atoms with van der Waals surface area (Å²) in [7, 11) is 4.03. The molecule has 166 valence electrons. The molecule has 0 aliphatic carbocycles. The highest BCUT2D eigenvalue weighted by atomic mass is 19.1. The Morgan fingerprint density at radius 3 is 1.69 bits per heavy atom. The number of hydrogen-bond acceptors (Lipinski definition) is 5. The summed E-state index contributed by atoms with van der Waals surface area (Å²) in [5.74, 6) is -2.39. The molecule has 0 bridgehead atoms. The molecular weight excluding hydrogens is 422 g/mol. The minimum Gasteiger partial charge on any atom is -0.496 e. The van der Waals surface area contributed by atoms with Gasteiger partial charge in [-0.2, -0.15) is 0 Å². The molecule has 0 saturated carbocycles. The van der Waals surface area contributed by atoms with Crippen molar-refractivity contribution in [3.63, 3.8) is 0 Å². The number of nitrogens with one attached hydrogen (secondary N) is 2. The number of amides is 2. The number of para-hydroxylation sites is 2. The highest BCUT2D eigenvalue weighted by Gasteiger charge is 2.20. The quantitative estimate of drug-likeness (QED) is 0.563. The van der Waals surface area contributed by atoms with Gasteiger partial charge in [-0.25, -0.2) is 8.78 Å². The Kier molecular flexibility index (Phi) is 6.89. The molecule has 7 nitrogen and oxygen atoms in total. The van der Waals surface area contributed by atoms with Crippen LogP contribution in [0.5, 0.6) is 17.2 Å². The van der Waals surface area contributed by atoms with E-state index in [0.717, 1.165) is 0 Å². The number of halogens is 2. The zero-order valence-corrected chi connectivity index (χ0v) is 17.5. The lowest BCUT2D eigenvalue weighted by molar-refractivity contribution is 0.102. The average molecular weight is 442 g/mol. The number of benzene rings is 3. The molecule has 0 unspecified atom stereocenters. The Bertz CT molecular complexity index is 1170. The first kappa shape index (κ1) is 22.5. The molecule has 0 saturated heterocycles. The molecule has 3 rings (SSSR count). The van der Waals surface area contributed by atoms with E-state index in [2.05, 4.69) is 10.6 Å². The highest BCUT2D eigenvalue weighted by Crippen LogP contribution is 2.30. The molecule has 9 heteroatoms. The van der Waals surface area contributed by atoms with Crippen molar-refractivity contribution in [1.82, 2.24) is 0 Å². The van der Waals surface area contributed by atoms with Crippen LogP contribution < -0.4 is 24.8 Å². The third-order valence-corrected chi connectivity index (χ3v) is 4.57. The lowest BCUT2D eigenvalue weighted by Gasteiger charge is -2.14. The van der Waals surface area contributed by atoms with Gasteiger partial charge in [-0.1, -0.05) is 12.1 Å². The summed E-state index contributed by atoms with van der Waals surface area (Å²) in [6.45, 7) is 0. The van der Waals surface area contributed by atoms with Crippen molar-refractivity contribution in [2.75, 3.05) is 32.0 Å². The molecule has 3 aromatic rings. The van der Waals surface area contributed by atoms with Crippen LogP contribution in [0.4, 0.5) is 20.2 Å². The largest absolute Gasteiger partial charge is 0.496 e. The maximum absolute atomic E-state index is 14.2. The fraction of sp³-hybridized carbons (Fsp3) is 0.130. The van der Waals surface area contributed by atoms with E-state index >= 15 is 0 Å². The number of carbonyl (C=O) groups is 2. The summed E-state index contributed by atoms with van der Waals surface area (Å²) in [6.07, 6.45) is 0. The van der Waals surface area contributed by atoms with Gasteiger partial charge in [0.2, 0.25) is 0 Å². The summed E-state index contributed by atoms with van der Waals surface area (Å²) in [4.78, 5) is 25.6. The third kappa shape index (κ3) is 4.61. The van der Waals surface area contributed by atoms with Crippen molar-refractivity contribution in [3.05, 3.63) is 77.4 Å². The zero-order chi connectivity index (χ0) is 23.3. The number of carbonyl (C=O) groups excluding carboxylic acids is 2. The second-order valence-electron chi connectivity index (χ2n) is 6.46. The van der Waals surface area contributed by atoms with E-state index in [0.29, 0.717) is 0 Å². The van der Waals surface area contributed by atoms with Crippen molar-refractivity contribution in [3.8, 4) is 17.2 Å². The van der Waals surface area contributed by atoms with Gasteiger partial charge in [-0.3, -0.25) is 9.59 Å². The summed E-state index contributed by atoms with van der Waals surface area (Å²) in [5, 5.41) is 4.87. The first-order chi connectivity index (χ1) is 15.4. The first-order valence-corrected chi connectivity index (χ1v) is 9.35. The lowest BCUT2D eigenvalue weighted by atomic mass is 10.1. The average Bonchev–Trinajstić information content (AvgIpc) is 2.80. The molecule has 32 heavy (non-hydrogen) atoms. The molecular formula is C23H20F2N2O5. The lowest BCUT2D eigenvalue weighted by Crippen LogP contribution is -2.18. The van der Waals surface area contributed by atoms with E-state index in [1.165, 1.54) is 75.9 Å². The Labute approximate surface area is 182 Å². The van der Waals surface area contributed by atoms with Crippen molar-refractivity contribution in [2.24, 2.45) is 0 Å². The summed E-state index contributed by atoms with van der Waals surface area (Å²) in [5.41, 5.74) is -0.293. The molecule has 0 aliphatic heterocycles. The maximum atomic E-state index is 14.2. The predicted octanol–water partition coefficient (Wildman–Crippen LogP) is 4.50. The van der Waals surface area contributed by atoms with Crippen LogP contribution in [-0.4, -0.2) is 33.1 Å². The van der Waals surface area contributed by atoms with Crippen LogP contribution in [0.15, 0.2) is 54.6 Å². The molecule has 0 atom stereocenters. The predicted molar refractivity (Wildman–Crippen MR) is 115 cm³/mol. The number of rotatable bonds is 7. The van der Waals surface area contributed by atoms with Crippen LogP contribution in [0, 0.1) is 11.6 Å². The van der Waals surface area contributed by atoms with Crippen LogP contribution in [0.3, 0.4) is 0 Å². The van der Waals surface area contributed by atoms with E-state index in [1.54, 1.807) is 0 Å². The zero-order valence-electron chi connectivity index (χ0n) is 17.5. The monoisotopic (exact) mass is 442 g/mol. The minimum absolute atomic E-state index is 0.0362. The van der Waals surface area contributed by atoms with E-state index < -0.39 is 23.4 Å². The van der Waals surface area contributed by atoms with E-state index in [-0.39, 0.29) is 39.8 Å². The van der Waals surface area contributed by atoms with Gasteiger partial charge < -0.3 is 24.8 Å². The van der Waals surface area contributed by atoms with Gasteiger partial charge in [-0.05, 0) is 42.5 Å². The van der Waals surface area contributed by atoms with Crippen molar-refractivity contribution in [2.45, 2.75) is 0 Å². The van der Waals surface area contributed by atoms with E-state index in [1.807, 2.05) is 0 Å². The van der Waals surface area contributed by atoms with Gasteiger partial charge >= 0.3 is 0 Å². The van der Waals surface area contributed by atoms with Crippen LogP contribution in [-0.2, 0) is 0 Å². The van der Waals surface area contributed by atoms with Gasteiger partial charge in [0.1, 0.15) is 28.6 Å². The fourth-order valence-electron chi connectivity index (χ4n) is 2.98. The van der Waals surface area contributed by atoms with Gasteiger partial charge in [0.15, 0.2) is 11.6 Å². The van der Waals surface area contributed by atoms with Crippen LogP contribution in [0.1, 0.15) is 20.7 Å². The summed E-state index contributed by atoms with van der Waals surface area (Å²) >= 11 is 0. The maximum Gasteiger partial charge on any atom is 0.259 e. The van der Waals surface area contributed by atoms with Gasteiger partial charge in [-0.15, -0.1) is 0 Å². The Morgan fingerprint density at radius 2 is 1.19 bits per heavy atom. The molecule has 0 fully saturated rings. The van der Waals surface area contributed by atoms with Crippen molar-refractivity contribution < 1.29 is 32.6 Å². The normalized spacial score (nSPS) is 10.3. The standard InChI is InChI=1S/C23H20F2N2O5/c1-30-17-11-10-13(22(28)26-20-15(24)6-4-8-18(20)31-2)12-14(17)23(29)27-21-16(25)7-5-9-19(21)32-3/h4-12H,1-3H3,(H,26,28)(H,27,29). The van der Waals surface area contributed by atoms with Crippen LogP contribution in [0.2, 0.25) is 0 Å². The van der Waals surface area contributed by atoms with E-state index in [4.69, 9.17) is 14.2 Å². The molecule has 0 radical (unpaired) electrons. The second kappa shape index (κ2) is 9.78. The molecule has 2 N–H and O–H groups in total. The first-order valence-electron chi connectivity index (χ1n) is 9.35. The molecule has 0 aliphatic rings. The molecule has 2 amide bonds. The fourth-order valence-corrected chi connectivity index (χ4v) is 2.98. The number of methoxy groups -OCH3 is 3. The van der Waals surface area contributed by atoms with Gasteiger partial charge in [0.25, 0.3) is 11.8 Å². The molecule has 3 aromatic carbocycles. The molecule has 0 heterocycles. The summed E-state index contributed by atoms with van der Waals surface area (Å²) in [6, 6.07) is 12.3. The third-order valence-electron chi connectivity index (χ3n) is 4.57. The van der Waals surface area contributed by atoms with Crippen molar-refractivity contribution in [1.29, 1.82) is 0 Å². The van der Waals surface area contributed by atoms with Crippen LogP contribution >= 0.6 is 0 Å².